The molecule has 1 saturated heterocycles. The van der Waals surface area contributed by atoms with E-state index in [9.17, 15) is 9.59 Å². The first kappa shape index (κ1) is 21.2. The summed E-state index contributed by atoms with van der Waals surface area (Å²) in [6.07, 6.45) is 0. The monoisotopic (exact) mass is 438 g/mol. The maximum Gasteiger partial charge on any atom is 0.275 e. The van der Waals surface area contributed by atoms with E-state index >= 15 is 0 Å². The quantitative estimate of drug-likeness (QED) is 0.549. The third kappa shape index (κ3) is 3.96. The van der Waals surface area contributed by atoms with E-state index in [1.54, 1.807) is 4.90 Å². The van der Waals surface area contributed by atoms with Gasteiger partial charge in [-0.15, -0.1) is 0 Å². The number of carbonyl (C=O) groups excluding carboxylic acids is 2. The summed E-state index contributed by atoms with van der Waals surface area (Å²) in [5, 5.41) is 0. The number of hydrogen-bond acceptors (Lipinski definition) is 4. The smallest absolute Gasteiger partial charge is 0.275 e. The van der Waals surface area contributed by atoms with Crippen LogP contribution in [0.3, 0.4) is 0 Å². The van der Waals surface area contributed by atoms with Crippen LogP contribution in [-0.4, -0.2) is 42.9 Å². The summed E-state index contributed by atoms with van der Waals surface area (Å²) in [5.74, 6) is -0.260. The Morgan fingerprint density at radius 3 is 2.09 bits per heavy atom. The third-order valence-electron chi connectivity index (χ3n) is 6.24. The van der Waals surface area contributed by atoms with Gasteiger partial charge in [-0.05, 0) is 24.6 Å². The summed E-state index contributed by atoms with van der Waals surface area (Å²) in [5.41, 5.74) is 4.37. The van der Waals surface area contributed by atoms with Gasteiger partial charge in [0.15, 0.2) is 5.78 Å². The van der Waals surface area contributed by atoms with Gasteiger partial charge in [-0.3, -0.25) is 14.5 Å². The highest BCUT2D eigenvalue weighted by Gasteiger charge is 2.46. The van der Waals surface area contributed by atoms with Crippen LogP contribution < -0.4 is 4.90 Å². The second-order valence-corrected chi connectivity index (χ2v) is 8.38. The van der Waals surface area contributed by atoms with Gasteiger partial charge < -0.3 is 9.64 Å². The molecule has 33 heavy (non-hydrogen) atoms. The Kier molecular flexibility index (Phi) is 5.80. The molecule has 1 fully saturated rings. The minimum Gasteiger partial charge on any atom is -0.378 e. The van der Waals surface area contributed by atoms with Crippen LogP contribution in [-0.2, 0) is 9.53 Å². The molecule has 0 aromatic heterocycles. The van der Waals surface area contributed by atoms with Crippen molar-refractivity contribution in [2.45, 2.75) is 13.0 Å². The Bertz CT molecular complexity index is 1180. The fourth-order valence-electron chi connectivity index (χ4n) is 4.60. The van der Waals surface area contributed by atoms with Crippen LogP contribution >= 0.6 is 0 Å². The molecule has 3 aromatic carbocycles. The zero-order valence-corrected chi connectivity index (χ0v) is 18.6. The van der Waals surface area contributed by atoms with Gasteiger partial charge in [-0.1, -0.05) is 78.4 Å². The highest BCUT2D eigenvalue weighted by atomic mass is 16.5. The average molecular weight is 439 g/mol. The highest BCUT2D eigenvalue weighted by Crippen LogP contribution is 2.43. The van der Waals surface area contributed by atoms with Crippen molar-refractivity contribution in [1.29, 1.82) is 0 Å². The first-order chi connectivity index (χ1) is 16.1. The molecule has 5 rings (SSSR count). The topological polar surface area (TPSA) is 49.9 Å². The number of para-hydroxylation sites is 1. The van der Waals surface area contributed by atoms with Gasteiger partial charge in [-0.25, -0.2) is 0 Å². The molecule has 0 aliphatic carbocycles. The largest absolute Gasteiger partial charge is 0.378 e. The van der Waals surface area contributed by atoms with E-state index < -0.39 is 6.04 Å². The van der Waals surface area contributed by atoms with Crippen molar-refractivity contribution in [1.82, 2.24) is 4.90 Å². The lowest BCUT2D eigenvalue weighted by molar-refractivity contribution is -0.116. The minimum absolute atomic E-state index is 0.114. The van der Waals surface area contributed by atoms with E-state index in [4.69, 9.17) is 4.74 Å². The number of ketones is 1. The average Bonchev–Trinajstić information content (AvgIpc) is 3.18. The number of hydrogen-bond donors (Lipinski definition) is 0. The molecule has 1 amide bonds. The fraction of sp³-hybridized carbons (Fsp3) is 0.214. The van der Waals surface area contributed by atoms with Crippen LogP contribution in [0.5, 0.6) is 0 Å². The van der Waals surface area contributed by atoms with Crippen molar-refractivity contribution in [2.24, 2.45) is 0 Å². The molecule has 0 bridgehead atoms. The second kappa shape index (κ2) is 9.04. The van der Waals surface area contributed by atoms with Gasteiger partial charge in [0.1, 0.15) is 5.70 Å². The number of morpholine rings is 1. The van der Waals surface area contributed by atoms with E-state index in [-0.39, 0.29) is 11.7 Å². The molecule has 2 aliphatic rings. The molecule has 5 heteroatoms. The van der Waals surface area contributed by atoms with E-state index in [2.05, 4.69) is 0 Å². The number of aryl methyl sites for hydroxylation is 1. The van der Waals surface area contributed by atoms with Crippen LogP contribution in [0.4, 0.5) is 5.69 Å². The van der Waals surface area contributed by atoms with Gasteiger partial charge in [0.05, 0.1) is 24.8 Å². The van der Waals surface area contributed by atoms with Crippen LogP contribution in [0, 0.1) is 6.92 Å². The lowest BCUT2D eigenvalue weighted by Gasteiger charge is -2.30. The third-order valence-corrected chi connectivity index (χ3v) is 6.24. The first-order valence-corrected chi connectivity index (χ1v) is 11.3. The van der Waals surface area contributed by atoms with Crippen molar-refractivity contribution >= 4 is 17.4 Å². The van der Waals surface area contributed by atoms with E-state index in [1.807, 2.05) is 96.8 Å². The Balaban J connectivity index is 1.72. The predicted molar refractivity (Wildman–Crippen MR) is 128 cm³/mol. The lowest BCUT2D eigenvalue weighted by atomic mass is 9.91. The van der Waals surface area contributed by atoms with Crippen molar-refractivity contribution in [2.75, 3.05) is 31.2 Å². The number of benzene rings is 3. The van der Waals surface area contributed by atoms with E-state index in [0.29, 0.717) is 43.1 Å². The number of anilines is 1. The molecule has 0 saturated carbocycles. The summed E-state index contributed by atoms with van der Waals surface area (Å²) in [7, 11) is 0. The molecule has 2 heterocycles. The van der Waals surface area contributed by atoms with Crippen LogP contribution in [0.25, 0.3) is 0 Å². The zero-order chi connectivity index (χ0) is 22.8. The molecule has 0 unspecified atom stereocenters. The molecule has 0 radical (unpaired) electrons. The minimum atomic E-state index is -0.507. The first-order valence-electron chi connectivity index (χ1n) is 11.3. The van der Waals surface area contributed by atoms with Gasteiger partial charge in [0.2, 0.25) is 0 Å². The maximum absolute atomic E-state index is 14.0. The maximum atomic E-state index is 14.0. The summed E-state index contributed by atoms with van der Waals surface area (Å²) >= 11 is 0. The van der Waals surface area contributed by atoms with E-state index in [1.165, 1.54) is 0 Å². The Morgan fingerprint density at radius 1 is 0.848 bits per heavy atom. The number of rotatable bonds is 5. The second-order valence-electron chi connectivity index (χ2n) is 8.38. The molecule has 166 valence electrons. The molecule has 1 atom stereocenters. The van der Waals surface area contributed by atoms with Crippen LogP contribution in [0.15, 0.2) is 96.2 Å². The molecular weight excluding hydrogens is 412 g/mol. The molecule has 2 aliphatic heterocycles. The Morgan fingerprint density at radius 2 is 1.45 bits per heavy atom. The summed E-state index contributed by atoms with van der Waals surface area (Å²) in [6, 6.07) is 26.5. The van der Waals surface area contributed by atoms with Gasteiger partial charge in [0.25, 0.3) is 5.91 Å². The van der Waals surface area contributed by atoms with Crippen molar-refractivity contribution in [3.8, 4) is 0 Å². The number of Topliss-reactive ketones (excluding diaryl/α,β-unsaturated/α-hetero) is 1. The number of carbonyl (C=O) groups is 2. The molecule has 5 nitrogen and oxygen atoms in total. The summed E-state index contributed by atoms with van der Waals surface area (Å²) in [6.45, 7) is 4.22. The Labute approximate surface area is 193 Å². The summed E-state index contributed by atoms with van der Waals surface area (Å²) < 4.78 is 5.54. The molecule has 0 spiro atoms. The van der Waals surface area contributed by atoms with Crippen molar-refractivity contribution < 1.29 is 14.3 Å². The van der Waals surface area contributed by atoms with Gasteiger partial charge >= 0.3 is 0 Å². The van der Waals surface area contributed by atoms with Crippen molar-refractivity contribution in [3.05, 3.63) is 113 Å². The van der Waals surface area contributed by atoms with Crippen molar-refractivity contribution in [3.63, 3.8) is 0 Å². The normalized spacial score (nSPS) is 18.7. The molecule has 3 aromatic rings. The number of ether oxygens (including phenoxy) is 1. The molecular formula is C28H26N2O3. The van der Waals surface area contributed by atoms with Gasteiger partial charge in [-0.2, -0.15) is 0 Å². The standard InChI is InChI=1S/C28H26N2O3/c1-20-12-14-22(15-13-20)27(31)24-25(21-8-4-2-5-9-21)30(23-10-6-3-7-11-23)28(32)26(24)29-16-18-33-19-17-29/h2-15,25H,16-19H2,1H3/t25-/m1/s1. The van der Waals surface area contributed by atoms with Gasteiger partial charge in [0, 0.05) is 24.3 Å². The lowest BCUT2D eigenvalue weighted by Crippen LogP contribution is -2.40. The fourth-order valence-corrected chi connectivity index (χ4v) is 4.60. The predicted octanol–water partition coefficient (Wildman–Crippen LogP) is 4.55. The Hall–Kier alpha value is -3.70. The number of amides is 1. The summed E-state index contributed by atoms with van der Waals surface area (Å²) in [4.78, 5) is 31.8. The van der Waals surface area contributed by atoms with Crippen LogP contribution in [0.2, 0.25) is 0 Å². The highest BCUT2D eigenvalue weighted by molar-refractivity contribution is 6.21. The van der Waals surface area contributed by atoms with Crippen LogP contribution in [0.1, 0.15) is 27.5 Å². The zero-order valence-electron chi connectivity index (χ0n) is 18.6. The SMILES string of the molecule is Cc1ccc(C(=O)C2=C(N3CCOCC3)C(=O)N(c3ccccc3)[C@@H]2c2ccccc2)cc1. The number of nitrogens with zero attached hydrogens (tertiary/aromatic N) is 2. The molecule has 0 N–H and O–H groups in total. The van der Waals surface area contributed by atoms with E-state index in [0.717, 1.165) is 16.8 Å².